The third kappa shape index (κ3) is 1.86. The molecule has 1 amide bonds. The van der Waals surface area contributed by atoms with Crippen LogP contribution < -0.4 is 5.73 Å². The summed E-state index contributed by atoms with van der Waals surface area (Å²) in [7, 11) is 1.75. The largest absolute Gasteiger partial charge is 0.396 e. The Morgan fingerprint density at radius 3 is 2.87 bits per heavy atom. The van der Waals surface area contributed by atoms with Gasteiger partial charge in [-0.25, -0.2) is 0 Å². The summed E-state index contributed by atoms with van der Waals surface area (Å²) in [6, 6.07) is 0. The van der Waals surface area contributed by atoms with Crippen LogP contribution in [0.25, 0.3) is 0 Å². The van der Waals surface area contributed by atoms with Gasteiger partial charge in [0, 0.05) is 26.3 Å². The van der Waals surface area contributed by atoms with Crippen LogP contribution in [0.15, 0.2) is 18.3 Å². The first-order valence-corrected chi connectivity index (χ1v) is 4.92. The highest BCUT2D eigenvalue weighted by atomic mass is 16.2. The maximum Gasteiger partial charge on any atom is 0.276 e. The molecule has 2 rings (SSSR count). The Labute approximate surface area is 88.2 Å². The first kappa shape index (κ1) is 9.76. The van der Waals surface area contributed by atoms with Crippen molar-refractivity contribution < 1.29 is 4.79 Å². The van der Waals surface area contributed by atoms with E-state index in [-0.39, 0.29) is 5.91 Å². The molecule has 0 aliphatic carbocycles. The van der Waals surface area contributed by atoms with Crippen molar-refractivity contribution in [3.63, 3.8) is 0 Å². The average molecular weight is 206 g/mol. The molecule has 0 unspecified atom stereocenters. The number of nitrogen functional groups attached to an aromatic ring is 1. The van der Waals surface area contributed by atoms with Crippen LogP contribution in [0.5, 0.6) is 0 Å². The zero-order valence-electron chi connectivity index (χ0n) is 8.68. The Kier molecular flexibility index (Phi) is 2.45. The molecule has 5 heteroatoms. The van der Waals surface area contributed by atoms with Crippen LogP contribution in [-0.4, -0.2) is 33.7 Å². The average Bonchev–Trinajstić information content (AvgIpc) is 2.58. The van der Waals surface area contributed by atoms with E-state index in [1.165, 1.54) is 0 Å². The van der Waals surface area contributed by atoms with Crippen LogP contribution in [0.2, 0.25) is 0 Å². The lowest BCUT2D eigenvalue weighted by molar-refractivity contribution is 0.0765. The maximum atomic E-state index is 12.0. The van der Waals surface area contributed by atoms with Crippen molar-refractivity contribution in [3.05, 3.63) is 24.0 Å². The minimum atomic E-state index is -0.0857. The molecule has 1 aliphatic heterocycles. The molecule has 0 saturated carbocycles. The van der Waals surface area contributed by atoms with E-state index in [4.69, 9.17) is 5.73 Å². The lowest BCUT2D eigenvalue weighted by Gasteiger charge is -2.22. The molecular weight excluding hydrogens is 192 g/mol. The lowest BCUT2D eigenvalue weighted by Crippen LogP contribution is -2.34. The third-order valence-electron chi connectivity index (χ3n) is 2.41. The van der Waals surface area contributed by atoms with Gasteiger partial charge < -0.3 is 10.6 Å². The topological polar surface area (TPSA) is 64.2 Å². The molecule has 0 spiro atoms. The molecule has 1 aromatic heterocycles. The number of nitrogens with two attached hydrogens (primary N) is 1. The number of anilines is 1. The van der Waals surface area contributed by atoms with Gasteiger partial charge in [0.1, 0.15) is 0 Å². The molecule has 1 aliphatic rings. The van der Waals surface area contributed by atoms with E-state index in [0.717, 1.165) is 13.0 Å². The van der Waals surface area contributed by atoms with Crippen molar-refractivity contribution in [1.82, 2.24) is 14.7 Å². The number of aryl methyl sites for hydroxylation is 1. The van der Waals surface area contributed by atoms with Crippen LogP contribution in [0.1, 0.15) is 16.9 Å². The standard InChI is InChI=1S/C10H14N4O/c1-13-7-8(11)9(12-13)10(15)14-5-3-2-4-6-14/h2-3,7H,4-6,11H2,1H3. The molecule has 0 atom stereocenters. The second kappa shape index (κ2) is 3.76. The first-order chi connectivity index (χ1) is 7.18. The summed E-state index contributed by atoms with van der Waals surface area (Å²) >= 11 is 0. The summed E-state index contributed by atoms with van der Waals surface area (Å²) < 4.78 is 1.56. The fourth-order valence-electron chi connectivity index (χ4n) is 1.65. The van der Waals surface area contributed by atoms with Crippen LogP contribution >= 0.6 is 0 Å². The molecule has 5 nitrogen and oxygen atoms in total. The number of rotatable bonds is 1. The van der Waals surface area contributed by atoms with Crippen LogP contribution in [0, 0.1) is 0 Å². The summed E-state index contributed by atoms with van der Waals surface area (Å²) in [6.45, 7) is 1.39. The van der Waals surface area contributed by atoms with Gasteiger partial charge in [-0.1, -0.05) is 12.2 Å². The number of hydrogen-bond acceptors (Lipinski definition) is 3. The smallest absolute Gasteiger partial charge is 0.276 e. The second-order valence-corrected chi connectivity index (χ2v) is 3.62. The molecule has 0 radical (unpaired) electrons. The molecule has 2 heterocycles. The molecule has 2 N–H and O–H groups in total. The number of amides is 1. The van der Waals surface area contributed by atoms with Gasteiger partial charge in [0.05, 0.1) is 5.69 Å². The highest BCUT2D eigenvalue weighted by Gasteiger charge is 2.20. The van der Waals surface area contributed by atoms with Crippen molar-refractivity contribution in [2.75, 3.05) is 18.8 Å². The highest BCUT2D eigenvalue weighted by Crippen LogP contribution is 2.13. The normalized spacial score (nSPS) is 15.7. The van der Waals surface area contributed by atoms with Gasteiger partial charge in [0.2, 0.25) is 0 Å². The van der Waals surface area contributed by atoms with Crippen molar-refractivity contribution in [2.45, 2.75) is 6.42 Å². The molecule has 0 fully saturated rings. The summed E-state index contributed by atoms with van der Waals surface area (Å²) in [6.07, 6.45) is 6.61. The van der Waals surface area contributed by atoms with E-state index in [1.807, 2.05) is 6.08 Å². The fourth-order valence-corrected chi connectivity index (χ4v) is 1.65. The number of hydrogen-bond donors (Lipinski definition) is 1. The highest BCUT2D eigenvalue weighted by molar-refractivity contribution is 5.97. The fraction of sp³-hybridized carbons (Fsp3) is 0.400. The number of carbonyl (C=O) groups excluding carboxylic acids is 1. The molecule has 0 saturated heterocycles. The SMILES string of the molecule is Cn1cc(N)c(C(=O)N2CC=CCC2)n1. The van der Waals surface area contributed by atoms with Crippen molar-refractivity contribution in [2.24, 2.45) is 7.05 Å². The monoisotopic (exact) mass is 206 g/mol. The van der Waals surface area contributed by atoms with Crippen molar-refractivity contribution in [3.8, 4) is 0 Å². The third-order valence-corrected chi connectivity index (χ3v) is 2.41. The predicted molar refractivity (Wildman–Crippen MR) is 57.3 cm³/mol. The minimum absolute atomic E-state index is 0.0857. The number of aromatic nitrogens is 2. The van der Waals surface area contributed by atoms with Crippen molar-refractivity contribution >= 4 is 11.6 Å². The van der Waals surface area contributed by atoms with E-state index < -0.39 is 0 Å². The van der Waals surface area contributed by atoms with E-state index in [1.54, 1.807) is 22.8 Å². The Bertz CT molecular complexity index is 408. The Hall–Kier alpha value is -1.78. The molecule has 15 heavy (non-hydrogen) atoms. The van der Waals surface area contributed by atoms with Gasteiger partial charge in [-0.3, -0.25) is 9.48 Å². The minimum Gasteiger partial charge on any atom is -0.396 e. The van der Waals surface area contributed by atoms with E-state index >= 15 is 0 Å². The Morgan fingerprint density at radius 1 is 1.53 bits per heavy atom. The summed E-state index contributed by atoms with van der Waals surface area (Å²) in [5, 5.41) is 4.06. The Morgan fingerprint density at radius 2 is 2.33 bits per heavy atom. The number of nitrogens with zero attached hydrogens (tertiary/aromatic N) is 3. The van der Waals surface area contributed by atoms with E-state index in [9.17, 15) is 4.79 Å². The van der Waals surface area contributed by atoms with Crippen LogP contribution in [0.4, 0.5) is 5.69 Å². The first-order valence-electron chi connectivity index (χ1n) is 4.92. The van der Waals surface area contributed by atoms with Gasteiger partial charge in [0.25, 0.3) is 5.91 Å². The lowest BCUT2D eigenvalue weighted by atomic mass is 10.2. The van der Waals surface area contributed by atoms with Gasteiger partial charge in [-0.15, -0.1) is 0 Å². The van der Waals surface area contributed by atoms with Crippen LogP contribution in [0.3, 0.4) is 0 Å². The van der Waals surface area contributed by atoms with E-state index in [0.29, 0.717) is 17.9 Å². The number of carbonyl (C=O) groups is 1. The quantitative estimate of drug-likeness (QED) is 0.677. The molecule has 0 bridgehead atoms. The van der Waals surface area contributed by atoms with Gasteiger partial charge in [-0.05, 0) is 6.42 Å². The van der Waals surface area contributed by atoms with Crippen molar-refractivity contribution in [1.29, 1.82) is 0 Å². The summed E-state index contributed by atoms with van der Waals surface area (Å²) in [5.74, 6) is -0.0857. The maximum absolute atomic E-state index is 12.0. The van der Waals surface area contributed by atoms with Gasteiger partial charge in [-0.2, -0.15) is 5.10 Å². The summed E-state index contributed by atoms with van der Waals surface area (Å²) in [5.41, 5.74) is 6.50. The zero-order chi connectivity index (χ0) is 10.8. The molecule has 0 aromatic carbocycles. The van der Waals surface area contributed by atoms with E-state index in [2.05, 4.69) is 11.2 Å². The molecule has 1 aromatic rings. The van der Waals surface area contributed by atoms with Gasteiger partial charge >= 0.3 is 0 Å². The molecular formula is C10H14N4O. The Balaban J connectivity index is 2.20. The van der Waals surface area contributed by atoms with Crippen LogP contribution in [-0.2, 0) is 7.05 Å². The van der Waals surface area contributed by atoms with Gasteiger partial charge in [0.15, 0.2) is 5.69 Å². The molecule has 80 valence electrons. The predicted octanol–water partition coefficient (Wildman–Crippen LogP) is 0.404. The zero-order valence-corrected chi connectivity index (χ0v) is 8.68. The second-order valence-electron chi connectivity index (χ2n) is 3.62. The summed E-state index contributed by atoms with van der Waals surface area (Å²) in [4.78, 5) is 13.7.